The summed E-state index contributed by atoms with van der Waals surface area (Å²) in [6.45, 7) is 4.73. The summed E-state index contributed by atoms with van der Waals surface area (Å²) < 4.78 is 0.931. The number of nitriles is 1. The predicted octanol–water partition coefficient (Wildman–Crippen LogP) is 1.44. The highest BCUT2D eigenvalue weighted by Crippen LogP contribution is 2.22. The topological polar surface area (TPSA) is 61.6 Å². The average Bonchev–Trinajstić information content (AvgIpc) is 2.59. The fourth-order valence-corrected chi connectivity index (χ4v) is 2.70. The van der Waals surface area contributed by atoms with Gasteiger partial charge in [-0.1, -0.05) is 30.0 Å². The summed E-state index contributed by atoms with van der Waals surface area (Å²) in [7, 11) is 0. The molecule has 0 fully saturated rings. The normalized spacial score (nSPS) is 12.4. The van der Waals surface area contributed by atoms with Gasteiger partial charge in [0.15, 0.2) is 4.34 Å². The van der Waals surface area contributed by atoms with Gasteiger partial charge >= 0.3 is 0 Å². The van der Waals surface area contributed by atoms with Crippen molar-refractivity contribution in [2.75, 3.05) is 12.3 Å². The van der Waals surface area contributed by atoms with Gasteiger partial charge in [0.2, 0.25) is 0 Å². The van der Waals surface area contributed by atoms with Crippen LogP contribution in [0.5, 0.6) is 0 Å². The van der Waals surface area contributed by atoms with E-state index in [9.17, 15) is 0 Å². The van der Waals surface area contributed by atoms with E-state index in [0.717, 1.165) is 21.6 Å². The van der Waals surface area contributed by atoms with E-state index in [0.29, 0.717) is 0 Å². The molecule has 0 saturated heterocycles. The van der Waals surface area contributed by atoms with E-state index in [4.69, 9.17) is 5.26 Å². The van der Waals surface area contributed by atoms with Crippen LogP contribution in [0.25, 0.3) is 0 Å². The summed E-state index contributed by atoms with van der Waals surface area (Å²) in [5.41, 5.74) is 0. The lowest BCUT2D eigenvalue weighted by Gasteiger charge is -2.06. The summed E-state index contributed by atoms with van der Waals surface area (Å²) in [4.78, 5) is 0. The molecule has 1 N–H and O–H groups in total. The Morgan fingerprint density at radius 3 is 2.93 bits per heavy atom. The molecule has 1 heterocycles. The fraction of sp³-hybridized carbons (Fsp3) is 0.625. The Morgan fingerprint density at radius 2 is 2.43 bits per heavy atom. The number of hydrogen-bond acceptors (Lipinski definition) is 6. The zero-order valence-electron chi connectivity index (χ0n) is 8.15. The highest BCUT2D eigenvalue weighted by molar-refractivity contribution is 8.01. The maximum Gasteiger partial charge on any atom is 0.174 e. The molecule has 0 aliphatic heterocycles. The first kappa shape index (κ1) is 11.4. The molecule has 6 heteroatoms. The lowest BCUT2D eigenvalue weighted by Crippen LogP contribution is -2.29. The Balaban J connectivity index is 2.36. The summed E-state index contributed by atoms with van der Waals surface area (Å²) >= 11 is 3.14. The van der Waals surface area contributed by atoms with Crippen LogP contribution in [0.4, 0.5) is 0 Å². The molecule has 0 amide bonds. The summed E-state index contributed by atoms with van der Waals surface area (Å²) in [5, 5.41) is 20.7. The second kappa shape index (κ2) is 5.96. The van der Waals surface area contributed by atoms with Gasteiger partial charge in [-0.05, 0) is 13.5 Å². The van der Waals surface area contributed by atoms with E-state index in [-0.39, 0.29) is 6.04 Å². The van der Waals surface area contributed by atoms with Crippen molar-refractivity contribution in [3.63, 3.8) is 0 Å². The first-order chi connectivity index (χ1) is 6.76. The van der Waals surface area contributed by atoms with Gasteiger partial charge in [0, 0.05) is 5.75 Å². The molecule has 4 nitrogen and oxygen atoms in total. The monoisotopic (exact) mass is 228 g/mol. The van der Waals surface area contributed by atoms with Crippen molar-refractivity contribution in [3.05, 3.63) is 5.01 Å². The largest absolute Gasteiger partial charge is 0.302 e. The van der Waals surface area contributed by atoms with Crippen LogP contribution in [0.3, 0.4) is 0 Å². The first-order valence-corrected chi connectivity index (χ1v) is 6.12. The molecule has 1 aromatic heterocycles. The third kappa shape index (κ3) is 3.62. The van der Waals surface area contributed by atoms with Crippen LogP contribution in [0.15, 0.2) is 4.34 Å². The van der Waals surface area contributed by atoms with Crippen LogP contribution < -0.4 is 5.32 Å². The molecule has 1 unspecified atom stereocenters. The van der Waals surface area contributed by atoms with Gasteiger partial charge in [-0.25, -0.2) is 0 Å². The second-order valence-corrected chi connectivity index (χ2v) is 5.09. The van der Waals surface area contributed by atoms with Crippen LogP contribution in [-0.4, -0.2) is 28.5 Å². The third-order valence-electron chi connectivity index (χ3n) is 1.49. The fourth-order valence-electron chi connectivity index (χ4n) is 0.880. The minimum atomic E-state index is -0.103. The van der Waals surface area contributed by atoms with Gasteiger partial charge in [0.1, 0.15) is 11.0 Å². The number of thioether (sulfide) groups is 1. The van der Waals surface area contributed by atoms with E-state index in [2.05, 4.69) is 21.6 Å². The minimum absolute atomic E-state index is 0.103. The molecular weight excluding hydrogens is 216 g/mol. The Labute approximate surface area is 91.7 Å². The molecule has 0 spiro atoms. The Hall–Kier alpha value is -0.640. The highest BCUT2D eigenvalue weighted by Gasteiger charge is 2.08. The molecule has 76 valence electrons. The number of nitrogens with one attached hydrogen (secondary N) is 1. The van der Waals surface area contributed by atoms with Crippen molar-refractivity contribution in [1.82, 2.24) is 15.5 Å². The van der Waals surface area contributed by atoms with Crippen LogP contribution >= 0.6 is 23.1 Å². The van der Waals surface area contributed by atoms with Crippen molar-refractivity contribution >= 4 is 23.1 Å². The number of nitrogens with zero attached hydrogens (tertiary/aromatic N) is 3. The summed E-state index contributed by atoms with van der Waals surface area (Å²) in [6.07, 6.45) is 0. The summed E-state index contributed by atoms with van der Waals surface area (Å²) in [6, 6.07) is 2.10. The van der Waals surface area contributed by atoms with E-state index in [1.165, 1.54) is 0 Å². The van der Waals surface area contributed by atoms with Crippen LogP contribution in [0, 0.1) is 18.3 Å². The van der Waals surface area contributed by atoms with Crippen molar-refractivity contribution < 1.29 is 0 Å². The van der Waals surface area contributed by atoms with Crippen molar-refractivity contribution in [1.29, 1.82) is 5.26 Å². The molecule has 0 bridgehead atoms. The van der Waals surface area contributed by atoms with E-state index in [1.54, 1.807) is 23.1 Å². The highest BCUT2D eigenvalue weighted by atomic mass is 32.2. The van der Waals surface area contributed by atoms with Crippen LogP contribution in [0.2, 0.25) is 0 Å². The molecule has 0 radical (unpaired) electrons. The molecular formula is C8H12N4S2. The molecule has 1 rings (SSSR count). The number of hydrogen-bond donors (Lipinski definition) is 1. The van der Waals surface area contributed by atoms with E-state index >= 15 is 0 Å². The standard InChI is InChI=1S/C8H12N4S2/c1-3-10-7(4-9)5-13-8-12-11-6(2)14-8/h7,10H,3,5H2,1-2H3. The zero-order valence-corrected chi connectivity index (χ0v) is 9.78. The Morgan fingerprint density at radius 1 is 1.64 bits per heavy atom. The third-order valence-corrected chi connectivity index (χ3v) is 3.55. The molecule has 14 heavy (non-hydrogen) atoms. The first-order valence-electron chi connectivity index (χ1n) is 4.32. The van der Waals surface area contributed by atoms with Crippen LogP contribution in [-0.2, 0) is 0 Å². The lowest BCUT2D eigenvalue weighted by molar-refractivity contribution is 0.677. The van der Waals surface area contributed by atoms with Gasteiger partial charge in [0.25, 0.3) is 0 Å². The number of aromatic nitrogens is 2. The smallest absolute Gasteiger partial charge is 0.174 e. The lowest BCUT2D eigenvalue weighted by atomic mass is 10.4. The number of aryl methyl sites for hydroxylation is 1. The van der Waals surface area contributed by atoms with Gasteiger partial charge in [-0.2, -0.15) is 5.26 Å². The predicted molar refractivity (Wildman–Crippen MR) is 58.4 cm³/mol. The van der Waals surface area contributed by atoms with Crippen molar-refractivity contribution in [2.45, 2.75) is 24.2 Å². The Kier molecular flexibility index (Phi) is 4.87. The molecule has 1 aromatic rings. The average molecular weight is 228 g/mol. The van der Waals surface area contributed by atoms with Gasteiger partial charge in [0.05, 0.1) is 6.07 Å². The maximum atomic E-state index is 8.78. The van der Waals surface area contributed by atoms with Crippen molar-refractivity contribution in [2.24, 2.45) is 0 Å². The van der Waals surface area contributed by atoms with Gasteiger partial charge < -0.3 is 5.32 Å². The van der Waals surface area contributed by atoms with Gasteiger partial charge in [-0.15, -0.1) is 10.2 Å². The number of rotatable bonds is 5. The molecule has 0 aliphatic rings. The molecule has 1 atom stereocenters. The van der Waals surface area contributed by atoms with E-state index < -0.39 is 0 Å². The molecule has 0 saturated carbocycles. The second-order valence-electron chi connectivity index (χ2n) is 2.64. The Bertz CT molecular complexity index is 317. The zero-order chi connectivity index (χ0) is 10.4. The minimum Gasteiger partial charge on any atom is -0.302 e. The van der Waals surface area contributed by atoms with E-state index in [1.807, 2.05) is 13.8 Å². The van der Waals surface area contributed by atoms with Crippen LogP contribution in [0.1, 0.15) is 11.9 Å². The van der Waals surface area contributed by atoms with Gasteiger partial charge in [-0.3, -0.25) is 0 Å². The molecule has 0 aromatic carbocycles. The SMILES string of the molecule is CCNC(C#N)CSc1nnc(C)s1. The van der Waals surface area contributed by atoms with Crippen molar-refractivity contribution in [3.8, 4) is 6.07 Å². The maximum absolute atomic E-state index is 8.78. The summed E-state index contributed by atoms with van der Waals surface area (Å²) in [5.74, 6) is 0.721. The quantitative estimate of drug-likeness (QED) is 0.773. The molecule has 0 aliphatic carbocycles.